The van der Waals surface area contributed by atoms with E-state index in [0.29, 0.717) is 23.0 Å². The van der Waals surface area contributed by atoms with Gasteiger partial charge in [0, 0.05) is 18.0 Å². The van der Waals surface area contributed by atoms with Crippen LogP contribution in [-0.4, -0.2) is 23.0 Å². The van der Waals surface area contributed by atoms with Crippen molar-refractivity contribution in [2.75, 3.05) is 12.0 Å². The van der Waals surface area contributed by atoms with Gasteiger partial charge in [-0.1, -0.05) is 29.5 Å². The topological polar surface area (TPSA) is 55.3 Å². The summed E-state index contributed by atoms with van der Waals surface area (Å²) in [5.41, 5.74) is 4.73. The number of benzene rings is 2. The molecule has 4 rings (SSSR count). The zero-order valence-electron chi connectivity index (χ0n) is 16.5. The molecule has 0 aliphatic heterocycles. The van der Waals surface area contributed by atoms with Crippen molar-refractivity contribution in [2.24, 2.45) is 0 Å². The molecule has 5 nitrogen and oxygen atoms in total. The van der Waals surface area contributed by atoms with E-state index in [4.69, 9.17) is 9.72 Å². The number of thiazole rings is 1. The summed E-state index contributed by atoms with van der Waals surface area (Å²) in [5.74, 6) is 0.522. The van der Waals surface area contributed by atoms with Gasteiger partial charge in [-0.3, -0.25) is 14.7 Å². The van der Waals surface area contributed by atoms with Crippen LogP contribution in [0.15, 0.2) is 60.9 Å². The summed E-state index contributed by atoms with van der Waals surface area (Å²) < 4.78 is 6.39. The monoisotopic (exact) mass is 403 g/mol. The van der Waals surface area contributed by atoms with Gasteiger partial charge in [0.05, 0.1) is 23.9 Å². The van der Waals surface area contributed by atoms with E-state index in [-0.39, 0.29) is 5.91 Å². The number of fused-ring (bicyclic) bond motifs is 1. The molecule has 0 saturated heterocycles. The van der Waals surface area contributed by atoms with E-state index in [2.05, 4.69) is 31.0 Å². The van der Waals surface area contributed by atoms with Crippen molar-refractivity contribution in [3.8, 4) is 5.75 Å². The summed E-state index contributed by atoms with van der Waals surface area (Å²) >= 11 is 1.54. The molecule has 0 aliphatic rings. The predicted octanol–water partition coefficient (Wildman–Crippen LogP) is 5.16. The van der Waals surface area contributed by atoms with Gasteiger partial charge in [-0.25, -0.2) is 4.98 Å². The second-order valence-corrected chi connectivity index (χ2v) is 7.89. The van der Waals surface area contributed by atoms with Gasteiger partial charge in [0.1, 0.15) is 5.75 Å². The first-order valence-corrected chi connectivity index (χ1v) is 10.1. The molecule has 2 heterocycles. The van der Waals surface area contributed by atoms with Gasteiger partial charge in [0.25, 0.3) is 5.91 Å². The molecule has 2 aromatic heterocycles. The Morgan fingerprint density at radius 3 is 2.76 bits per heavy atom. The lowest BCUT2D eigenvalue weighted by Gasteiger charge is -2.20. The minimum atomic E-state index is -0.124. The molecule has 0 atom stereocenters. The van der Waals surface area contributed by atoms with E-state index in [9.17, 15) is 4.79 Å². The van der Waals surface area contributed by atoms with E-state index in [1.54, 1.807) is 36.5 Å². The molecule has 1 amide bonds. The smallest absolute Gasteiger partial charge is 0.260 e. The quantitative estimate of drug-likeness (QED) is 0.462. The molecule has 6 heteroatoms. The van der Waals surface area contributed by atoms with Gasteiger partial charge in [-0.15, -0.1) is 0 Å². The Balaban J connectivity index is 1.79. The highest BCUT2D eigenvalue weighted by atomic mass is 32.1. The number of carbonyl (C=O) groups excluding carboxylic acids is 1. The molecule has 2 aromatic carbocycles. The highest BCUT2D eigenvalue weighted by molar-refractivity contribution is 7.22. The number of carbonyl (C=O) groups is 1. The van der Waals surface area contributed by atoms with Crippen LogP contribution in [0.3, 0.4) is 0 Å². The number of methoxy groups -OCH3 is 1. The zero-order valence-corrected chi connectivity index (χ0v) is 17.4. The second-order valence-electron chi connectivity index (χ2n) is 6.91. The first-order chi connectivity index (χ1) is 14.0. The van der Waals surface area contributed by atoms with Gasteiger partial charge >= 0.3 is 0 Å². The third-order valence-electron chi connectivity index (χ3n) is 4.67. The molecule has 4 aromatic rings. The number of rotatable bonds is 5. The number of hydrogen-bond donors (Lipinski definition) is 0. The van der Waals surface area contributed by atoms with Crippen molar-refractivity contribution in [1.82, 2.24) is 9.97 Å². The van der Waals surface area contributed by atoms with Gasteiger partial charge in [-0.2, -0.15) is 0 Å². The molecule has 0 bridgehead atoms. The van der Waals surface area contributed by atoms with Crippen molar-refractivity contribution in [3.63, 3.8) is 0 Å². The molecule has 0 unspecified atom stereocenters. The zero-order chi connectivity index (χ0) is 20.4. The van der Waals surface area contributed by atoms with Crippen LogP contribution < -0.4 is 9.64 Å². The Bertz CT molecular complexity index is 1170. The first kappa shape index (κ1) is 19.1. The highest BCUT2D eigenvalue weighted by Gasteiger charge is 2.23. The maximum Gasteiger partial charge on any atom is 0.260 e. The van der Waals surface area contributed by atoms with Crippen LogP contribution in [0.5, 0.6) is 5.75 Å². The van der Waals surface area contributed by atoms with Crippen molar-refractivity contribution < 1.29 is 9.53 Å². The van der Waals surface area contributed by atoms with Crippen LogP contribution in [0, 0.1) is 13.8 Å². The van der Waals surface area contributed by atoms with Crippen LogP contribution in [0.2, 0.25) is 0 Å². The molecule has 0 fully saturated rings. The minimum absolute atomic E-state index is 0.124. The third-order valence-corrected chi connectivity index (χ3v) is 5.89. The van der Waals surface area contributed by atoms with Crippen molar-refractivity contribution >= 4 is 32.6 Å². The standard InChI is InChI=1S/C23H21N3O2S/c1-15-10-16(2)21-20(11-15)25-23(29-21)26(14-17-6-5-9-24-13-17)22(27)18-7-4-8-19(12-18)28-3/h4-13H,14H2,1-3H3. The van der Waals surface area contributed by atoms with Crippen molar-refractivity contribution in [2.45, 2.75) is 20.4 Å². The van der Waals surface area contributed by atoms with E-state index < -0.39 is 0 Å². The maximum absolute atomic E-state index is 13.5. The largest absolute Gasteiger partial charge is 0.497 e. The number of ether oxygens (including phenoxy) is 1. The molecular formula is C23H21N3O2S. The van der Waals surface area contributed by atoms with Gasteiger partial charge < -0.3 is 4.74 Å². The van der Waals surface area contributed by atoms with Gasteiger partial charge in [0.15, 0.2) is 5.13 Å². The van der Waals surface area contributed by atoms with Crippen LogP contribution in [0.4, 0.5) is 5.13 Å². The normalized spacial score (nSPS) is 10.9. The fraction of sp³-hybridized carbons (Fsp3) is 0.174. The first-order valence-electron chi connectivity index (χ1n) is 9.28. The Kier molecular flexibility index (Phi) is 5.27. The van der Waals surface area contributed by atoms with E-state index in [1.807, 2.05) is 24.3 Å². The lowest BCUT2D eigenvalue weighted by molar-refractivity contribution is 0.0985. The fourth-order valence-electron chi connectivity index (χ4n) is 3.29. The predicted molar refractivity (Wildman–Crippen MR) is 117 cm³/mol. The number of hydrogen-bond acceptors (Lipinski definition) is 5. The molecule has 0 N–H and O–H groups in total. The SMILES string of the molecule is COc1cccc(C(=O)N(Cc2cccnc2)c2nc3cc(C)cc(C)c3s2)c1. The Morgan fingerprint density at radius 2 is 2.00 bits per heavy atom. The Morgan fingerprint density at radius 1 is 1.14 bits per heavy atom. The molecule has 0 spiro atoms. The number of aromatic nitrogens is 2. The summed E-state index contributed by atoms with van der Waals surface area (Å²) in [6, 6.07) is 15.2. The molecule has 0 radical (unpaired) electrons. The summed E-state index contributed by atoms with van der Waals surface area (Å²) in [5, 5.41) is 0.672. The maximum atomic E-state index is 13.5. The minimum Gasteiger partial charge on any atom is -0.497 e. The average molecular weight is 404 g/mol. The van der Waals surface area contributed by atoms with E-state index in [0.717, 1.165) is 21.3 Å². The Hall–Kier alpha value is -3.25. The summed E-state index contributed by atoms with van der Waals surface area (Å²) in [6.07, 6.45) is 3.50. The van der Waals surface area contributed by atoms with Gasteiger partial charge in [0.2, 0.25) is 0 Å². The molecule has 29 heavy (non-hydrogen) atoms. The lowest BCUT2D eigenvalue weighted by atomic mass is 10.1. The summed E-state index contributed by atoms with van der Waals surface area (Å²) in [4.78, 5) is 24.2. The van der Waals surface area contributed by atoms with Crippen molar-refractivity contribution in [3.05, 3.63) is 83.2 Å². The summed E-state index contributed by atoms with van der Waals surface area (Å²) in [6.45, 7) is 4.52. The number of aryl methyl sites for hydroxylation is 2. The number of amides is 1. The number of nitrogens with zero attached hydrogens (tertiary/aromatic N) is 3. The number of pyridine rings is 1. The average Bonchev–Trinajstić information content (AvgIpc) is 3.16. The summed E-state index contributed by atoms with van der Waals surface area (Å²) in [7, 11) is 1.59. The lowest BCUT2D eigenvalue weighted by Crippen LogP contribution is -2.30. The van der Waals surface area contributed by atoms with E-state index >= 15 is 0 Å². The van der Waals surface area contributed by atoms with Crippen LogP contribution in [0.1, 0.15) is 27.0 Å². The van der Waals surface area contributed by atoms with Crippen molar-refractivity contribution in [1.29, 1.82) is 0 Å². The van der Waals surface area contributed by atoms with Crippen LogP contribution >= 0.6 is 11.3 Å². The molecular weight excluding hydrogens is 382 g/mol. The molecule has 0 saturated carbocycles. The second kappa shape index (κ2) is 8.01. The van der Waals surface area contributed by atoms with Crippen LogP contribution in [-0.2, 0) is 6.54 Å². The van der Waals surface area contributed by atoms with Gasteiger partial charge in [-0.05, 0) is 60.9 Å². The highest BCUT2D eigenvalue weighted by Crippen LogP contribution is 2.33. The number of anilines is 1. The van der Waals surface area contributed by atoms with Crippen LogP contribution in [0.25, 0.3) is 10.2 Å². The Labute approximate surface area is 173 Å². The fourth-order valence-corrected chi connectivity index (χ4v) is 4.31. The molecule has 146 valence electrons. The third kappa shape index (κ3) is 3.98. The van der Waals surface area contributed by atoms with E-state index in [1.165, 1.54) is 16.9 Å². The molecule has 0 aliphatic carbocycles.